The number of nitrogens with two attached hydrogens (primary N) is 1. The van der Waals surface area contributed by atoms with Crippen LogP contribution in [0.2, 0.25) is 0 Å². The van der Waals surface area contributed by atoms with Crippen molar-refractivity contribution in [1.82, 2.24) is 0 Å². The summed E-state index contributed by atoms with van der Waals surface area (Å²) in [4.78, 5) is -0.0286. The Balaban J connectivity index is 2.61. The summed E-state index contributed by atoms with van der Waals surface area (Å²) in [6, 6.07) is 2.24. The summed E-state index contributed by atoms with van der Waals surface area (Å²) in [5.74, 6) is -0.742. The Kier molecular flexibility index (Phi) is 5.70. The summed E-state index contributed by atoms with van der Waals surface area (Å²) in [5.41, 5.74) is 4.06. The number of thioether (sulfide) groups is 1. The van der Waals surface area contributed by atoms with Crippen LogP contribution in [0.25, 0.3) is 6.08 Å². The predicted molar refractivity (Wildman–Crippen MR) is 86.7 cm³/mol. The molecule has 2 N–H and O–H groups in total. The molecular weight excluding hydrogens is 359 g/mol. The third-order valence-corrected chi connectivity index (χ3v) is 4.58. The second-order valence-corrected chi connectivity index (χ2v) is 6.35. The van der Waals surface area contributed by atoms with Crippen LogP contribution in [0, 0.1) is 11.3 Å². The number of benzene rings is 1. The molecule has 1 aliphatic rings. The zero-order valence-electron chi connectivity index (χ0n) is 12.9. The fraction of sp³-hybridized carbons (Fsp3) is 0.235. The summed E-state index contributed by atoms with van der Waals surface area (Å²) >= 11 is 0.125. The minimum Gasteiger partial charge on any atom is -0.318 e. The average Bonchev–Trinajstić information content (AvgIpc) is 2.76. The Hall–Kier alpha value is -2.11. The first kappa shape index (κ1) is 19.2. The molecule has 0 amide bonds. The van der Waals surface area contributed by atoms with Crippen molar-refractivity contribution in [1.29, 1.82) is 5.26 Å². The molecule has 1 aliphatic heterocycles. The Labute approximate surface area is 145 Å². The van der Waals surface area contributed by atoms with Crippen LogP contribution in [-0.4, -0.2) is 5.25 Å². The molecular formula is C17H13F5N2S. The Morgan fingerprint density at radius 3 is 2.64 bits per heavy atom. The molecule has 0 saturated heterocycles. The number of halogens is 5. The average molecular weight is 372 g/mol. The van der Waals surface area contributed by atoms with Crippen molar-refractivity contribution in [2.75, 3.05) is 0 Å². The van der Waals surface area contributed by atoms with Gasteiger partial charge in [0.25, 0.3) is 6.43 Å². The molecule has 0 bridgehead atoms. The molecule has 0 saturated carbocycles. The van der Waals surface area contributed by atoms with Crippen molar-refractivity contribution in [3.8, 4) is 6.07 Å². The molecule has 0 radical (unpaired) electrons. The molecule has 25 heavy (non-hydrogen) atoms. The van der Waals surface area contributed by atoms with Gasteiger partial charge in [0.15, 0.2) is 0 Å². The normalized spacial score (nSPS) is 20.2. The van der Waals surface area contributed by atoms with Crippen LogP contribution in [0.4, 0.5) is 22.0 Å². The molecule has 8 heteroatoms. The molecule has 132 valence electrons. The maximum Gasteiger partial charge on any atom is 0.317 e. The molecule has 1 aromatic rings. The fourth-order valence-electron chi connectivity index (χ4n) is 2.42. The number of nitriles is 1. The van der Waals surface area contributed by atoms with E-state index in [-0.39, 0.29) is 33.4 Å². The van der Waals surface area contributed by atoms with Gasteiger partial charge in [-0.3, -0.25) is 0 Å². The number of allylic oxidation sites excluding steroid dienone is 5. The van der Waals surface area contributed by atoms with Crippen molar-refractivity contribution in [3.05, 3.63) is 58.5 Å². The third kappa shape index (κ3) is 3.94. The molecule has 1 heterocycles. The highest BCUT2D eigenvalue weighted by molar-refractivity contribution is 8.00. The maximum absolute atomic E-state index is 13.7. The van der Waals surface area contributed by atoms with Gasteiger partial charge in [-0.05, 0) is 54.1 Å². The van der Waals surface area contributed by atoms with E-state index < -0.39 is 29.1 Å². The quantitative estimate of drug-likeness (QED) is 0.422. The molecule has 0 spiro atoms. The molecule has 0 fully saturated rings. The minimum atomic E-state index is -3.40. The number of hydrogen-bond acceptors (Lipinski definition) is 3. The number of rotatable bonds is 4. The van der Waals surface area contributed by atoms with E-state index in [0.29, 0.717) is 0 Å². The molecule has 2 nitrogen and oxygen atoms in total. The lowest BCUT2D eigenvalue weighted by atomic mass is 9.95. The van der Waals surface area contributed by atoms with E-state index in [2.05, 4.69) is 0 Å². The van der Waals surface area contributed by atoms with Gasteiger partial charge in [0.2, 0.25) is 0 Å². The lowest BCUT2D eigenvalue weighted by molar-refractivity contribution is 0.0772. The largest absolute Gasteiger partial charge is 0.318 e. The number of hydrogen-bond donors (Lipinski definition) is 1. The van der Waals surface area contributed by atoms with Crippen LogP contribution in [0.1, 0.15) is 36.1 Å². The Morgan fingerprint density at radius 2 is 2.08 bits per heavy atom. The second kappa shape index (κ2) is 7.42. The topological polar surface area (TPSA) is 49.8 Å². The Bertz CT molecular complexity index is 806. The van der Waals surface area contributed by atoms with Crippen LogP contribution >= 0.6 is 11.8 Å². The standard InChI is InChI=1S/C17H13F5N2S/c1-2-3-11(18)7-9(8-23)6-10-4-5-12-14(13(10)16(19)20)15(24)17(21,22)25-12/h2-7,15-16H,24H2,1H3/b3-2+,9-6+,11-7+. The van der Waals surface area contributed by atoms with Gasteiger partial charge in [0.05, 0.1) is 11.6 Å². The van der Waals surface area contributed by atoms with Gasteiger partial charge in [-0.2, -0.15) is 14.0 Å². The van der Waals surface area contributed by atoms with E-state index >= 15 is 0 Å². The van der Waals surface area contributed by atoms with E-state index in [9.17, 15) is 22.0 Å². The van der Waals surface area contributed by atoms with Crippen molar-refractivity contribution in [2.24, 2.45) is 5.73 Å². The number of fused-ring (bicyclic) bond motifs is 1. The number of nitrogens with zero attached hydrogens (tertiary/aromatic N) is 1. The highest BCUT2D eigenvalue weighted by Crippen LogP contribution is 2.55. The lowest BCUT2D eigenvalue weighted by Gasteiger charge is -2.17. The van der Waals surface area contributed by atoms with Crippen molar-refractivity contribution >= 4 is 17.8 Å². The third-order valence-electron chi connectivity index (χ3n) is 3.48. The van der Waals surface area contributed by atoms with Crippen molar-refractivity contribution in [2.45, 2.75) is 29.5 Å². The van der Waals surface area contributed by atoms with Crippen LogP contribution < -0.4 is 5.73 Å². The number of alkyl halides is 4. The van der Waals surface area contributed by atoms with E-state index in [1.165, 1.54) is 18.2 Å². The van der Waals surface area contributed by atoms with Gasteiger partial charge in [0, 0.05) is 10.5 Å². The SMILES string of the molecule is C/C=C/C(F)=C\C(C#N)=C/c1ccc2c(c1C(F)F)C(N)C(F)(F)S2. The lowest BCUT2D eigenvalue weighted by Crippen LogP contribution is -2.26. The van der Waals surface area contributed by atoms with E-state index in [0.717, 1.165) is 18.2 Å². The zero-order chi connectivity index (χ0) is 18.8. The zero-order valence-corrected chi connectivity index (χ0v) is 13.8. The Morgan fingerprint density at radius 1 is 1.40 bits per heavy atom. The summed E-state index contributed by atoms with van der Waals surface area (Å²) < 4.78 is 68.0. The maximum atomic E-state index is 13.7. The summed E-state index contributed by atoms with van der Waals surface area (Å²) in [7, 11) is 0. The summed E-state index contributed by atoms with van der Waals surface area (Å²) in [6.45, 7) is 1.57. The monoisotopic (exact) mass is 372 g/mol. The van der Waals surface area contributed by atoms with Gasteiger partial charge in [0.1, 0.15) is 11.9 Å². The second-order valence-electron chi connectivity index (χ2n) is 5.16. The van der Waals surface area contributed by atoms with Crippen LogP contribution in [-0.2, 0) is 0 Å². The van der Waals surface area contributed by atoms with E-state index in [4.69, 9.17) is 11.0 Å². The molecule has 1 aromatic carbocycles. The van der Waals surface area contributed by atoms with Crippen molar-refractivity contribution < 1.29 is 22.0 Å². The van der Waals surface area contributed by atoms with Gasteiger partial charge in [-0.15, -0.1) is 0 Å². The van der Waals surface area contributed by atoms with Crippen LogP contribution in [0.3, 0.4) is 0 Å². The first-order chi connectivity index (χ1) is 11.7. The molecule has 1 unspecified atom stereocenters. The molecule has 0 aliphatic carbocycles. The molecule has 0 aromatic heterocycles. The first-order valence-electron chi connectivity index (χ1n) is 7.10. The summed E-state index contributed by atoms with van der Waals surface area (Å²) in [6.07, 6.45) is 1.31. The van der Waals surface area contributed by atoms with Gasteiger partial charge >= 0.3 is 5.25 Å². The van der Waals surface area contributed by atoms with Gasteiger partial charge in [-0.1, -0.05) is 12.1 Å². The van der Waals surface area contributed by atoms with Gasteiger partial charge in [-0.25, -0.2) is 13.2 Å². The van der Waals surface area contributed by atoms with Crippen LogP contribution in [0.5, 0.6) is 0 Å². The van der Waals surface area contributed by atoms with Gasteiger partial charge < -0.3 is 5.73 Å². The fourth-order valence-corrected chi connectivity index (χ4v) is 3.44. The highest BCUT2D eigenvalue weighted by Gasteiger charge is 2.49. The predicted octanol–water partition coefficient (Wildman–Crippen LogP) is 5.66. The van der Waals surface area contributed by atoms with Crippen molar-refractivity contribution in [3.63, 3.8) is 0 Å². The molecule has 2 rings (SSSR count). The summed E-state index contributed by atoms with van der Waals surface area (Å²) in [5, 5.41) is 5.67. The van der Waals surface area contributed by atoms with E-state index in [1.807, 2.05) is 0 Å². The first-order valence-corrected chi connectivity index (χ1v) is 7.92. The highest BCUT2D eigenvalue weighted by atomic mass is 32.2. The molecule has 1 atom stereocenters. The van der Waals surface area contributed by atoms with Crippen LogP contribution in [0.15, 0.2) is 46.7 Å². The van der Waals surface area contributed by atoms with E-state index in [1.54, 1.807) is 13.0 Å². The smallest absolute Gasteiger partial charge is 0.317 e. The minimum absolute atomic E-state index is 0.0286.